The number of piperidine rings is 1. The van der Waals surface area contributed by atoms with Gasteiger partial charge in [-0.15, -0.1) is 0 Å². The summed E-state index contributed by atoms with van der Waals surface area (Å²) in [6, 6.07) is 12.5. The van der Waals surface area contributed by atoms with Gasteiger partial charge < -0.3 is 14.9 Å². The Labute approximate surface area is 177 Å². The Hall–Kier alpha value is -1.69. The molecular weight excluding hydrogens is 497 g/mol. The Morgan fingerprint density at radius 2 is 1.82 bits per heavy atom. The Bertz CT molecular complexity index is 947. The topological polar surface area (TPSA) is 104 Å². The summed E-state index contributed by atoms with van der Waals surface area (Å²) in [4.78, 5) is 11.4. The van der Waals surface area contributed by atoms with Crippen molar-refractivity contribution in [1.29, 1.82) is 0 Å². The molecule has 9 heteroatoms. The van der Waals surface area contributed by atoms with Gasteiger partial charge in [-0.1, -0.05) is 18.2 Å². The van der Waals surface area contributed by atoms with E-state index in [1.54, 1.807) is 12.1 Å². The zero-order valence-corrected chi connectivity index (χ0v) is 17.8. The van der Waals surface area contributed by atoms with Gasteiger partial charge in [0.1, 0.15) is 18.4 Å². The molecule has 1 aliphatic rings. The molecule has 2 unspecified atom stereocenters. The summed E-state index contributed by atoms with van der Waals surface area (Å²) >= 11 is 2.22. The van der Waals surface area contributed by atoms with Crippen LogP contribution in [0.1, 0.15) is 18.4 Å². The second-order valence-corrected chi connectivity index (χ2v) is 9.56. The van der Waals surface area contributed by atoms with Crippen molar-refractivity contribution in [2.75, 3.05) is 6.54 Å². The van der Waals surface area contributed by atoms with Gasteiger partial charge in [0, 0.05) is 15.7 Å². The third kappa shape index (κ3) is 4.65. The molecule has 7 nitrogen and oxygen atoms in total. The van der Waals surface area contributed by atoms with Crippen molar-refractivity contribution < 1.29 is 28.2 Å². The fourth-order valence-corrected chi connectivity index (χ4v) is 5.25. The molecule has 150 valence electrons. The zero-order chi connectivity index (χ0) is 20.3. The Balaban J connectivity index is 1.76. The summed E-state index contributed by atoms with van der Waals surface area (Å²) < 4.78 is 33.4. The summed E-state index contributed by atoms with van der Waals surface area (Å²) in [6.07, 6.45) is -0.540. The Morgan fingerprint density at radius 1 is 1.14 bits per heavy atom. The number of halogens is 1. The van der Waals surface area contributed by atoms with Crippen LogP contribution in [0, 0.1) is 3.57 Å². The standard InChI is InChI=1S/C19H20INO6S/c20-17-4-2-1-3-13(17)12-27-15-6-8-16(9-7-15)28(25,26)21-11-14(22)5-10-18(21)19(23)24/h1-4,6-9,14,18,22H,5,10-12H2,(H,23,24). The maximum atomic E-state index is 12.9. The third-order valence-electron chi connectivity index (χ3n) is 4.58. The first kappa shape index (κ1) is 21.0. The van der Waals surface area contributed by atoms with Gasteiger partial charge in [-0.25, -0.2) is 8.42 Å². The van der Waals surface area contributed by atoms with Crippen LogP contribution in [0.5, 0.6) is 5.75 Å². The number of ether oxygens (including phenoxy) is 1. The monoisotopic (exact) mass is 517 g/mol. The normalized spacial score (nSPS) is 20.6. The van der Waals surface area contributed by atoms with Gasteiger partial charge in [-0.2, -0.15) is 4.31 Å². The first-order valence-corrected chi connectivity index (χ1v) is 11.2. The van der Waals surface area contributed by atoms with Crippen LogP contribution in [0.4, 0.5) is 0 Å². The minimum atomic E-state index is -4.04. The second kappa shape index (κ2) is 8.76. The fraction of sp³-hybridized carbons (Fsp3) is 0.316. The number of carboxylic acids is 1. The van der Waals surface area contributed by atoms with E-state index >= 15 is 0 Å². The molecule has 2 atom stereocenters. The lowest BCUT2D eigenvalue weighted by Crippen LogP contribution is -2.51. The highest BCUT2D eigenvalue weighted by molar-refractivity contribution is 14.1. The molecule has 1 saturated heterocycles. The number of benzene rings is 2. The zero-order valence-electron chi connectivity index (χ0n) is 14.9. The van der Waals surface area contributed by atoms with Gasteiger partial charge in [-0.05, 0) is 65.8 Å². The first-order valence-electron chi connectivity index (χ1n) is 8.68. The summed E-state index contributed by atoms with van der Waals surface area (Å²) in [5.74, 6) is -0.708. The smallest absolute Gasteiger partial charge is 0.322 e. The van der Waals surface area contributed by atoms with E-state index in [0.29, 0.717) is 12.4 Å². The summed E-state index contributed by atoms with van der Waals surface area (Å²) in [7, 11) is -4.04. The lowest BCUT2D eigenvalue weighted by atomic mass is 10.0. The first-order chi connectivity index (χ1) is 13.3. The Kier molecular flexibility index (Phi) is 6.58. The number of hydrogen-bond donors (Lipinski definition) is 2. The number of aliphatic carboxylic acids is 1. The molecular formula is C19H20INO6S. The van der Waals surface area contributed by atoms with E-state index in [2.05, 4.69) is 22.6 Å². The lowest BCUT2D eigenvalue weighted by molar-refractivity contribution is -0.143. The van der Waals surface area contributed by atoms with E-state index in [1.807, 2.05) is 24.3 Å². The molecule has 3 rings (SSSR count). The minimum absolute atomic E-state index is 0.0329. The van der Waals surface area contributed by atoms with Crippen molar-refractivity contribution in [1.82, 2.24) is 4.31 Å². The van der Waals surface area contributed by atoms with Gasteiger partial charge in [0.25, 0.3) is 0 Å². The van der Waals surface area contributed by atoms with Crippen LogP contribution in [0.3, 0.4) is 0 Å². The molecule has 2 N–H and O–H groups in total. The second-order valence-electron chi connectivity index (χ2n) is 6.51. The van der Waals surface area contributed by atoms with Gasteiger partial charge in [-0.3, -0.25) is 4.79 Å². The number of rotatable bonds is 6. The number of β-amino-alcohol motifs (C(OH)–C–C–N with tert-alkyl or cyclic N) is 1. The van der Waals surface area contributed by atoms with Gasteiger partial charge >= 0.3 is 5.97 Å². The molecule has 0 aliphatic carbocycles. The highest BCUT2D eigenvalue weighted by Gasteiger charge is 2.40. The summed E-state index contributed by atoms with van der Waals surface area (Å²) in [5.41, 5.74) is 1.02. The largest absolute Gasteiger partial charge is 0.489 e. The number of aliphatic hydroxyl groups excluding tert-OH is 1. The van der Waals surface area contributed by atoms with Crippen molar-refractivity contribution >= 4 is 38.6 Å². The molecule has 0 amide bonds. The van der Waals surface area contributed by atoms with Gasteiger partial charge in [0.05, 0.1) is 11.0 Å². The van der Waals surface area contributed by atoms with E-state index in [4.69, 9.17) is 4.74 Å². The van der Waals surface area contributed by atoms with Crippen LogP contribution < -0.4 is 4.74 Å². The van der Waals surface area contributed by atoms with Crippen molar-refractivity contribution in [3.63, 3.8) is 0 Å². The number of sulfonamides is 1. The molecule has 28 heavy (non-hydrogen) atoms. The van der Waals surface area contributed by atoms with Crippen molar-refractivity contribution in [3.05, 3.63) is 57.7 Å². The average Bonchev–Trinajstić information content (AvgIpc) is 2.67. The number of nitrogens with zero attached hydrogens (tertiary/aromatic N) is 1. The fourth-order valence-electron chi connectivity index (χ4n) is 3.05. The highest BCUT2D eigenvalue weighted by atomic mass is 127. The Morgan fingerprint density at radius 3 is 2.46 bits per heavy atom. The molecule has 2 aromatic carbocycles. The van der Waals surface area contributed by atoms with Crippen molar-refractivity contribution in [3.8, 4) is 5.75 Å². The number of aliphatic hydroxyl groups is 1. The maximum absolute atomic E-state index is 12.9. The van der Waals surface area contributed by atoms with E-state index < -0.39 is 28.1 Å². The van der Waals surface area contributed by atoms with E-state index in [0.717, 1.165) is 13.4 Å². The minimum Gasteiger partial charge on any atom is -0.489 e. The van der Waals surface area contributed by atoms with Crippen molar-refractivity contribution in [2.24, 2.45) is 0 Å². The van der Waals surface area contributed by atoms with Gasteiger partial charge in [0.15, 0.2) is 0 Å². The lowest BCUT2D eigenvalue weighted by Gasteiger charge is -2.34. The molecule has 0 aromatic heterocycles. The molecule has 0 radical (unpaired) electrons. The average molecular weight is 517 g/mol. The van der Waals surface area contributed by atoms with E-state index in [9.17, 15) is 23.4 Å². The maximum Gasteiger partial charge on any atom is 0.322 e. The molecule has 2 aromatic rings. The van der Waals surface area contributed by atoms with Crippen LogP contribution in [0.15, 0.2) is 53.4 Å². The molecule has 1 fully saturated rings. The van der Waals surface area contributed by atoms with E-state index in [1.165, 1.54) is 12.1 Å². The molecule has 0 bridgehead atoms. The van der Waals surface area contributed by atoms with Crippen LogP contribution in [0.2, 0.25) is 0 Å². The summed E-state index contributed by atoms with van der Waals surface area (Å²) in [5, 5.41) is 19.2. The molecule has 0 spiro atoms. The predicted molar refractivity (Wildman–Crippen MR) is 110 cm³/mol. The number of carbonyl (C=O) groups is 1. The summed E-state index contributed by atoms with van der Waals surface area (Å²) in [6.45, 7) is 0.120. The van der Waals surface area contributed by atoms with Gasteiger partial charge in [0.2, 0.25) is 10.0 Å². The molecule has 1 heterocycles. The van der Waals surface area contributed by atoms with E-state index in [-0.39, 0.29) is 24.3 Å². The van der Waals surface area contributed by atoms with Crippen LogP contribution >= 0.6 is 22.6 Å². The molecule has 0 saturated carbocycles. The number of carboxylic acid groups (broad SMARTS) is 1. The molecule has 1 aliphatic heterocycles. The SMILES string of the molecule is O=C(O)C1CCC(O)CN1S(=O)(=O)c1ccc(OCc2ccccc2I)cc1. The highest BCUT2D eigenvalue weighted by Crippen LogP contribution is 2.27. The predicted octanol–water partition coefficient (Wildman–Crippen LogP) is 2.47. The van der Waals surface area contributed by atoms with Crippen molar-refractivity contribution in [2.45, 2.75) is 36.5 Å². The van der Waals surface area contributed by atoms with Crippen LogP contribution in [0.25, 0.3) is 0 Å². The quantitative estimate of drug-likeness (QED) is 0.571. The number of hydrogen-bond acceptors (Lipinski definition) is 5. The third-order valence-corrected chi connectivity index (χ3v) is 7.52. The van der Waals surface area contributed by atoms with Crippen LogP contribution in [-0.4, -0.2) is 47.6 Å². The van der Waals surface area contributed by atoms with Crippen LogP contribution in [-0.2, 0) is 21.4 Å².